The maximum Gasteiger partial charge on any atom is 0.0693 e. The van der Waals surface area contributed by atoms with Crippen molar-refractivity contribution in [3.63, 3.8) is 0 Å². The van der Waals surface area contributed by atoms with Gasteiger partial charge >= 0.3 is 0 Å². The molecule has 88 valence electrons. The lowest BCUT2D eigenvalue weighted by Crippen LogP contribution is -1.90. The van der Waals surface area contributed by atoms with E-state index in [9.17, 15) is 0 Å². The number of anilines is 2. The van der Waals surface area contributed by atoms with Gasteiger partial charge in [-0.25, -0.2) is 0 Å². The van der Waals surface area contributed by atoms with Crippen LogP contribution < -0.4 is 11.5 Å². The second-order valence-electron chi connectivity index (χ2n) is 3.59. The number of hydrogen-bond donors (Lipinski definition) is 2. The fourth-order valence-electron chi connectivity index (χ4n) is 1.46. The molecule has 0 atom stereocenters. The average Bonchev–Trinajstić information content (AvgIpc) is 2.29. The molecule has 2 aromatic rings. The number of hydrogen-bond acceptors (Lipinski definition) is 2. The van der Waals surface area contributed by atoms with Gasteiger partial charge in [-0.2, -0.15) is 0 Å². The Hall–Kier alpha value is -1.09. The summed E-state index contributed by atoms with van der Waals surface area (Å²) < 4.78 is 0. The molecular weight excluding hydrogens is 279 g/mol. The standard InChI is InChI=1S/C12H9Cl3N2/c13-8-3-6(1-2-11(8)16)7-4-9(14)12(17)10(15)5-7/h1-5H,16-17H2. The Morgan fingerprint density at radius 2 is 1.24 bits per heavy atom. The van der Waals surface area contributed by atoms with Crippen molar-refractivity contribution in [3.8, 4) is 11.1 Å². The third-order valence-electron chi connectivity index (χ3n) is 2.41. The van der Waals surface area contributed by atoms with Crippen molar-refractivity contribution >= 4 is 46.2 Å². The Kier molecular flexibility index (Phi) is 3.38. The van der Waals surface area contributed by atoms with Crippen LogP contribution in [0.3, 0.4) is 0 Å². The minimum atomic E-state index is 0.374. The highest BCUT2D eigenvalue weighted by molar-refractivity contribution is 6.39. The molecule has 0 aliphatic rings. The van der Waals surface area contributed by atoms with Crippen LogP contribution in [0.15, 0.2) is 30.3 Å². The minimum absolute atomic E-state index is 0.374. The van der Waals surface area contributed by atoms with Crippen molar-refractivity contribution in [3.05, 3.63) is 45.4 Å². The van der Waals surface area contributed by atoms with Crippen LogP contribution in [0.1, 0.15) is 0 Å². The van der Waals surface area contributed by atoms with Gasteiger partial charge < -0.3 is 11.5 Å². The molecule has 0 amide bonds. The van der Waals surface area contributed by atoms with E-state index >= 15 is 0 Å². The maximum atomic E-state index is 5.97. The predicted octanol–water partition coefficient (Wildman–Crippen LogP) is 4.48. The van der Waals surface area contributed by atoms with Gasteiger partial charge in [0.15, 0.2) is 0 Å². The summed E-state index contributed by atoms with van der Waals surface area (Å²) >= 11 is 17.9. The fourth-order valence-corrected chi connectivity index (χ4v) is 2.13. The summed E-state index contributed by atoms with van der Waals surface area (Å²) in [5, 5.41) is 1.33. The zero-order valence-electron chi connectivity index (χ0n) is 8.68. The molecule has 0 bridgehead atoms. The molecule has 0 aromatic heterocycles. The molecule has 0 unspecified atom stereocenters. The van der Waals surface area contributed by atoms with E-state index in [2.05, 4.69) is 0 Å². The van der Waals surface area contributed by atoms with Crippen LogP contribution >= 0.6 is 34.8 Å². The molecule has 0 spiro atoms. The van der Waals surface area contributed by atoms with Gasteiger partial charge in [0.2, 0.25) is 0 Å². The monoisotopic (exact) mass is 286 g/mol. The average molecular weight is 288 g/mol. The first-order valence-corrected chi connectivity index (χ1v) is 5.92. The molecule has 0 saturated carbocycles. The quantitative estimate of drug-likeness (QED) is 0.760. The van der Waals surface area contributed by atoms with Gasteiger partial charge in [-0.3, -0.25) is 0 Å². The lowest BCUT2D eigenvalue weighted by molar-refractivity contribution is 1.60. The molecule has 2 nitrogen and oxygen atoms in total. The normalized spacial score (nSPS) is 10.5. The molecule has 5 heteroatoms. The van der Waals surface area contributed by atoms with Crippen molar-refractivity contribution in [2.24, 2.45) is 0 Å². The highest BCUT2D eigenvalue weighted by atomic mass is 35.5. The molecule has 4 N–H and O–H groups in total. The number of benzene rings is 2. The van der Waals surface area contributed by atoms with Crippen LogP contribution in [0.2, 0.25) is 15.1 Å². The van der Waals surface area contributed by atoms with E-state index in [1.54, 1.807) is 24.3 Å². The first-order chi connectivity index (χ1) is 7.99. The van der Waals surface area contributed by atoms with Crippen LogP contribution in [-0.2, 0) is 0 Å². The van der Waals surface area contributed by atoms with Crippen LogP contribution in [-0.4, -0.2) is 0 Å². The number of nitrogens with two attached hydrogens (primary N) is 2. The molecule has 17 heavy (non-hydrogen) atoms. The Morgan fingerprint density at radius 3 is 1.76 bits per heavy atom. The highest BCUT2D eigenvalue weighted by Gasteiger charge is 2.07. The molecule has 0 aliphatic heterocycles. The van der Waals surface area contributed by atoms with Gasteiger partial charge in [0.1, 0.15) is 0 Å². The number of rotatable bonds is 1. The second-order valence-corrected chi connectivity index (χ2v) is 4.81. The largest absolute Gasteiger partial charge is 0.398 e. The minimum Gasteiger partial charge on any atom is -0.398 e. The van der Waals surface area contributed by atoms with Gasteiger partial charge in [0.25, 0.3) is 0 Å². The summed E-state index contributed by atoms with van der Waals surface area (Å²) in [6.45, 7) is 0. The van der Waals surface area contributed by atoms with Crippen LogP contribution in [0.4, 0.5) is 11.4 Å². The molecule has 0 radical (unpaired) electrons. The lowest BCUT2D eigenvalue weighted by Gasteiger charge is -2.08. The molecule has 0 fully saturated rings. The third kappa shape index (κ3) is 2.44. The zero-order chi connectivity index (χ0) is 12.6. The summed E-state index contributed by atoms with van der Waals surface area (Å²) in [5.41, 5.74) is 13.9. The smallest absolute Gasteiger partial charge is 0.0693 e. The van der Waals surface area contributed by atoms with E-state index in [0.717, 1.165) is 11.1 Å². The van der Waals surface area contributed by atoms with Crippen LogP contribution in [0.25, 0.3) is 11.1 Å². The van der Waals surface area contributed by atoms with Crippen molar-refractivity contribution < 1.29 is 0 Å². The summed E-state index contributed by atoms with van der Waals surface area (Å²) in [4.78, 5) is 0. The number of halogens is 3. The Balaban J connectivity index is 2.57. The van der Waals surface area contributed by atoms with Crippen LogP contribution in [0, 0.1) is 0 Å². The summed E-state index contributed by atoms with van der Waals surface area (Å²) in [7, 11) is 0. The SMILES string of the molecule is Nc1ccc(-c2cc(Cl)c(N)c(Cl)c2)cc1Cl. The van der Waals surface area contributed by atoms with Gasteiger partial charge in [0.05, 0.1) is 26.4 Å². The maximum absolute atomic E-state index is 5.97. The van der Waals surface area contributed by atoms with Gasteiger partial charge in [-0.05, 0) is 35.4 Å². The van der Waals surface area contributed by atoms with Crippen molar-refractivity contribution in [1.29, 1.82) is 0 Å². The van der Waals surface area contributed by atoms with E-state index in [1.807, 2.05) is 6.07 Å². The Labute approximate surface area is 114 Å². The Bertz CT molecular complexity index is 559. The molecule has 2 aromatic carbocycles. The second kappa shape index (κ2) is 4.65. The molecular formula is C12H9Cl3N2. The van der Waals surface area contributed by atoms with Gasteiger partial charge in [-0.15, -0.1) is 0 Å². The molecule has 0 heterocycles. The third-order valence-corrected chi connectivity index (χ3v) is 3.37. The van der Waals surface area contributed by atoms with E-state index in [0.29, 0.717) is 26.4 Å². The summed E-state index contributed by atoms with van der Waals surface area (Å²) in [6, 6.07) is 8.82. The topological polar surface area (TPSA) is 52.0 Å². The van der Waals surface area contributed by atoms with Crippen molar-refractivity contribution in [1.82, 2.24) is 0 Å². The zero-order valence-corrected chi connectivity index (χ0v) is 10.9. The first kappa shape index (κ1) is 12.4. The van der Waals surface area contributed by atoms with Gasteiger partial charge in [0, 0.05) is 0 Å². The number of nitrogen functional groups attached to an aromatic ring is 2. The van der Waals surface area contributed by atoms with Crippen LogP contribution in [0.5, 0.6) is 0 Å². The van der Waals surface area contributed by atoms with E-state index < -0.39 is 0 Å². The summed E-state index contributed by atoms with van der Waals surface area (Å²) in [6.07, 6.45) is 0. The fraction of sp³-hybridized carbons (Fsp3) is 0. The summed E-state index contributed by atoms with van der Waals surface area (Å²) in [5.74, 6) is 0. The highest BCUT2D eigenvalue weighted by Crippen LogP contribution is 2.35. The lowest BCUT2D eigenvalue weighted by atomic mass is 10.0. The molecule has 2 rings (SSSR count). The van der Waals surface area contributed by atoms with E-state index in [1.165, 1.54) is 0 Å². The Morgan fingerprint density at radius 1 is 0.706 bits per heavy atom. The van der Waals surface area contributed by atoms with Crippen molar-refractivity contribution in [2.75, 3.05) is 11.5 Å². The van der Waals surface area contributed by atoms with E-state index in [-0.39, 0.29) is 0 Å². The van der Waals surface area contributed by atoms with Crippen molar-refractivity contribution in [2.45, 2.75) is 0 Å². The predicted molar refractivity (Wildman–Crippen MR) is 75.7 cm³/mol. The molecule has 0 saturated heterocycles. The van der Waals surface area contributed by atoms with Gasteiger partial charge in [-0.1, -0.05) is 40.9 Å². The van der Waals surface area contributed by atoms with E-state index in [4.69, 9.17) is 46.3 Å². The first-order valence-electron chi connectivity index (χ1n) is 4.79. The molecule has 0 aliphatic carbocycles.